The molecular formula is C22H32N4O. The molecule has 27 heavy (non-hydrogen) atoms. The average molecular weight is 369 g/mol. The molecule has 3 heterocycles. The summed E-state index contributed by atoms with van der Waals surface area (Å²) < 4.78 is 0. The quantitative estimate of drug-likeness (QED) is 0.842. The van der Waals surface area contributed by atoms with Gasteiger partial charge in [-0.25, -0.2) is 4.98 Å². The van der Waals surface area contributed by atoms with Crippen molar-refractivity contribution in [3.8, 4) is 0 Å². The van der Waals surface area contributed by atoms with Crippen molar-refractivity contribution < 1.29 is 4.79 Å². The second-order valence-corrected chi connectivity index (χ2v) is 8.37. The predicted molar refractivity (Wildman–Crippen MR) is 109 cm³/mol. The molecule has 1 aliphatic carbocycles. The van der Waals surface area contributed by atoms with Gasteiger partial charge in [-0.05, 0) is 57.1 Å². The lowest BCUT2D eigenvalue weighted by atomic mass is 9.95. The lowest BCUT2D eigenvalue weighted by Crippen LogP contribution is -2.42. The molecule has 2 fully saturated rings. The van der Waals surface area contributed by atoms with Crippen LogP contribution >= 0.6 is 0 Å². The van der Waals surface area contributed by atoms with E-state index in [4.69, 9.17) is 4.99 Å². The number of carbonyl (C=O) groups is 1. The first-order chi connectivity index (χ1) is 13.2. The first-order valence-electron chi connectivity index (χ1n) is 10.8. The van der Waals surface area contributed by atoms with Crippen LogP contribution in [0.3, 0.4) is 0 Å². The van der Waals surface area contributed by atoms with E-state index < -0.39 is 0 Å². The van der Waals surface area contributed by atoms with Gasteiger partial charge in [0.05, 0.1) is 6.54 Å². The Morgan fingerprint density at radius 1 is 1.19 bits per heavy atom. The number of aliphatic imine (C=N–C) groups is 1. The third-order valence-electron chi connectivity index (χ3n) is 6.41. The third kappa shape index (κ3) is 4.17. The SMILES string of the molecule is CC1CCCCN1C(=O)CCC1=NCc2ccnc(NC3CCCCC3)c21. The molecule has 5 heteroatoms. The van der Waals surface area contributed by atoms with Crippen LogP contribution in [-0.4, -0.2) is 40.1 Å². The zero-order valence-electron chi connectivity index (χ0n) is 16.5. The van der Waals surface area contributed by atoms with Crippen LogP contribution in [0.2, 0.25) is 0 Å². The molecule has 1 aromatic rings. The van der Waals surface area contributed by atoms with Gasteiger partial charge in [-0.1, -0.05) is 19.3 Å². The molecule has 5 nitrogen and oxygen atoms in total. The molecule has 4 rings (SSSR count). The number of likely N-dealkylation sites (tertiary alicyclic amines) is 1. The highest BCUT2D eigenvalue weighted by molar-refractivity contribution is 6.08. The number of nitrogens with zero attached hydrogens (tertiary/aromatic N) is 3. The summed E-state index contributed by atoms with van der Waals surface area (Å²) in [5.74, 6) is 1.26. The molecule has 1 atom stereocenters. The number of fused-ring (bicyclic) bond motifs is 1. The van der Waals surface area contributed by atoms with E-state index >= 15 is 0 Å². The van der Waals surface area contributed by atoms with E-state index in [1.54, 1.807) is 0 Å². The summed E-state index contributed by atoms with van der Waals surface area (Å²) in [5, 5.41) is 3.68. The summed E-state index contributed by atoms with van der Waals surface area (Å²) in [7, 11) is 0. The lowest BCUT2D eigenvalue weighted by Gasteiger charge is -2.33. The fourth-order valence-corrected chi connectivity index (χ4v) is 4.81. The van der Waals surface area contributed by atoms with Crippen molar-refractivity contribution in [1.82, 2.24) is 9.88 Å². The van der Waals surface area contributed by atoms with Crippen LogP contribution in [0.25, 0.3) is 0 Å². The van der Waals surface area contributed by atoms with Gasteiger partial charge in [0.25, 0.3) is 0 Å². The Labute approximate surface area is 162 Å². The van der Waals surface area contributed by atoms with Crippen molar-refractivity contribution in [2.75, 3.05) is 11.9 Å². The number of carbonyl (C=O) groups excluding carboxylic acids is 1. The minimum Gasteiger partial charge on any atom is -0.367 e. The predicted octanol–water partition coefficient (Wildman–Crippen LogP) is 4.31. The van der Waals surface area contributed by atoms with Gasteiger partial charge in [-0.3, -0.25) is 9.79 Å². The van der Waals surface area contributed by atoms with Crippen LogP contribution in [0.1, 0.15) is 82.3 Å². The maximum absolute atomic E-state index is 12.7. The van der Waals surface area contributed by atoms with Crippen molar-refractivity contribution in [1.29, 1.82) is 0 Å². The highest BCUT2D eigenvalue weighted by atomic mass is 16.2. The van der Waals surface area contributed by atoms with Gasteiger partial charge >= 0.3 is 0 Å². The van der Waals surface area contributed by atoms with E-state index in [2.05, 4.69) is 28.2 Å². The number of amides is 1. The second-order valence-electron chi connectivity index (χ2n) is 8.37. The van der Waals surface area contributed by atoms with E-state index in [0.717, 1.165) is 43.9 Å². The monoisotopic (exact) mass is 368 g/mol. The number of aromatic nitrogens is 1. The van der Waals surface area contributed by atoms with E-state index in [0.29, 0.717) is 18.5 Å². The van der Waals surface area contributed by atoms with Gasteiger partial charge in [0.1, 0.15) is 5.82 Å². The minimum atomic E-state index is 0.282. The van der Waals surface area contributed by atoms with E-state index in [1.165, 1.54) is 49.7 Å². The number of hydrogen-bond donors (Lipinski definition) is 1. The molecule has 0 spiro atoms. The molecule has 0 aromatic carbocycles. The molecule has 2 aliphatic heterocycles. The van der Waals surface area contributed by atoms with Crippen molar-refractivity contribution in [3.63, 3.8) is 0 Å². The topological polar surface area (TPSA) is 57.6 Å². The molecule has 3 aliphatic rings. The van der Waals surface area contributed by atoms with E-state index in [-0.39, 0.29) is 5.91 Å². The van der Waals surface area contributed by atoms with Crippen molar-refractivity contribution in [2.45, 2.75) is 89.8 Å². The summed E-state index contributed by atoms with van der Waals surface area (Å²) >= 11 is 0. The summed E-state index contributed by atoms with van der Waals surface area (Å²) in [6.07, 6.45) is 13.1. The first kappa shape index (κ1) is 18.5. The molecule has 1 saturated heterocycles. The molecule has 0 radical (unpaired) electrons. The Bertz CT molecular complexity index is 708. The van der Waals surface area contributed by atoms with Crippen molar-refractivity contribution in [3.05, 3.63) is 23.4 Å². The Hall–Kier alpha value is -1.91. The third-order valence-corrected chi connectivity index (χ3v) is 6.41. The molecule has 1 amide bonds. The smallest absolute Gasteiger partial charge is 0.223 e. The van der Waals surface area contributed by atoms with Crippen molar-refractivity contribution >= 4 is 17.4 Å². The van der Waals surface area contributed by atoms with Crippen LogP contribution < -0.4 is 5.32 Å². The van der Waals surface area contributed by atoms with Crippen LogP contribution in [0.15, 0.2) is 17.3 Å². The lowest BCUT2D eigenvalue weighted by molar-refractivity contribution is -0.134. The van der Waals surface area contributed by atoms with E-state index in [9.17, 15) is 4.79 Å². The van der Waals surface area contributed by atoms with E-state index in [1.807, 2.05) is 6.20 Å². The van der Waals surface area contributed by atoms with Gasteiger partial charge in [-0.15, -0.1) is 0 Å². The fourth-order valence-electron chi connectivity index (χ4n) is 4.81. The number of nitrogens with one attached hydrogen (secondary N) is 1. The number of piperidine rings is 1. The van der Waals surface area contributed by atoms with Gasteiger partial charge in [0, 0.05) is 42.5 Å². The normalized spacial score (nSPS) is 23.1. The highest BCUT2D eigenvalue weighted by Crippen LogP contribution is 2.30. The van der Waals surface area contributed by atoms with Gasteiger partial charge in [-0.2, -0.15) is 0 Å². The molecule has 1 aromatic heterocycles. The van der Waals surface area contributed by atoms with Gasteiger partial charge in [0.15, 0.2) is 0 Å². The van der Waals surface area contributed by atoms with Crippen LogP contribution in [-0.2, 0) is 11.3 Å². The summed E-state index contributed by atoms with van der Waals surface area (Å²) in [6, 6.07) is 2.98. The average Bonchev–Trinajstić information content (AvgIpc) is 3.11. The number of pyridine rings is 1. The van der Waals surface area contributed by atoms with Crippen LogP contribution in [0.5, 0.6) is 0 Å². The molecule has 1 N–H and O–H groups in total. The Morgan fingerprint density at radius 2 is 2.00 bits per heavy atom. The molecule has 0 bridgehead atoms. The molecule has 1 unspecified atom stereocenters. The van der Waals surface area contributed by atoms with Crippen molar-refractivity contribution in [2.24, 2.45) is 4.99 Å². The fraction of sp³-hybridized carbons (Fsp3) is 0.682. The Balaban J connectivity index is 1.42. The summed E-state index contributed by atoms with van der Waals surface area (Å²) in [4.78, 5) is 24.2. The molecular weight excluding hydrogens is 336 g/mol. The highest BCUT2D eigenvalue weighted by Gasteiger charge is 2.26. The second kappa shape index (κ2) is 8.41. The number of anilines is 1. The Morgan fingerprint density at radius 3 is 2.81 bits per heavy atom. The maximum Gasteiger partial charge on any atom is 0.223 e. The maximum atomic E-state index is 12.7. The molecule has 1 saturated carbocycles. The molecule has 146 valence electrons. The Kier molecular flexibility index (Phi) is 5.74. The summed E-state index contributed by atoms with van der Waals surface area (Å²) in [5.41, 5.74) is 3.48. The largest absolute Gasteiger partial charge is 0.367 e. The van der Waals surface area contributed by atoms with Gasteiger partial charge < -0.3 is 10.2 Å². The van der Waals surface area contributed by atoms with Crippen LogP contribution in [0.4, 0.5) is 5.82 Å². The zero-order valence-corrected chi connectivity index (χ0v) is 16.5. The number of hydrogen-bond acceptors (Lipinski definition) is 4. The zero-order chi connectivity index (χ0) is 18.6. The van der Waals surface area contributed by atoms with Crippen LogP contribution in [0, 0.1) is 0 Å². The van der Waals surface area contributed by atoms with Gasteiger partial charge in [0.2, 0.25) is 5.91 Å². The minimum absolute atomic E-state index is 0.282. The summed E-state index contributed by atoms with van der Waals surface area (Å²) in [6.45, 7) is 3.81. The standard InChI is InChI=1S/C22H32N4O/c1-16-7-5-6-14-26(16)20(27)11-10-19-21-17(15-24-19)12-13-23-22(21)25-18-8-3-2-4-9-18/h12-13,16,18H,2-11,14-15H2,1H3,(H,23,25). The number of rotatable bonds is 5. The first-order valence-corrected chi connectivity index (χ1v) is 10.8.